The first kappa shape index (κ1) is 31.9. The van der Waals surface area contributed by atoms with E-state index < -0.39 is 41.6 Å². The molecule has 0 heterocycles. The van der Waals surface area contributed by atoms with Crippen molar-refractivity contribution in [3.05, 3.63) is 77.9 Å². The van der Waals surface area contributed by atoms with Crippen LogP contribution in [0.2, 0.25) is 0 Å². The zero-order valence-electron chi connectivity index (χ0n) is 22.7. The molecule has 10 heteroatoms. The first-order valence-electron chi connectivity index (χ1n) is 12.9. The number of hydrogen-bond donors (Lipinski definition) is 1. The van der Waals surface area contributed by atoms with E-state index in [-0.39, 0.29) is 48.4 Å². The predicted molar refractivity (Wildman–Crippen MR) is 144 cm³/mol. The largest absolute Gasteiger partial charge is 0.461 e. The molecule has 1 N–H and O–H groups in total. The molecule has 2 aromatic carbocycles. The summed E-state index contributed by atoms with van der Waals surface area (Å²) < 4.78 is 43.5. The molecule has 214 valence electrons. The average molecular weight is 558 g/mol. The Morgan fingerprint density at radius 3 is 2.20 bits per heavy atom. The van der Waals surface area contributed by atoms with E-state index in [1.807, 2.05) is 19.9 Å². The molecule has 0 fully saturated rings. The van der Waals surface area contributed by atoms with Crippen molar-refractivity contribution in [2.45, 2.75) is 52.6 Å². The maximum Gasteiger partial charge on any atom is 0.310 e. The number of benzene rings is 2. The summed E-state index contributed by atoms with van der Waals surface area (Å²) in [6.07, 6.45) is 7.43. The summed E-state index contributed by atoms with van der Waals surface area (Å²) in [5.41, 5.74) is 0.146. The summed E-state index contributed by atoms with van der Waals surface area (Å²) in [6, 6.07) is 7.04. The molecule has 0 spiro atoms. The lowest BCUT2D eigenvalue weighted by atomic mass is 10.0. The summed E-state index contributed by atoms with van der Waals surface area (Å²) in [7, 11) is 0. The highest BCUT2D eigenvalue weighted by Crippen LogP contribution is 2.29. The van der Waals surface area contributed by atoms with E-state index in [0.29, 0.717) is 6.07 Å². The van der Waals surface area contributed by atoms with Crippen LogP contribution in [0.15, 0.2) is 60.7 Å². The minimum atomic E-state index is -1.01. The number of halogens is 2. The molecule has 0 aliphatic carbocycles. The third-order valence-electron chi connectivity index (χ3n) is 5.31. The van der Waals surface area contributed by atoms with Gasteiger partial charge in [0, 0.05) is 18.6 Å². The van der Waals surface area contributed by atoms with Crippen LogP contribution < -0.4 is 10.1 Å². The zero-order valence-corrected chi connectivity index (χ0v) is 22.7. The Kier molecular flexibility index (Phi) is 13.2. The topological polar surface area (TPSA) is 108 Å². The van der Waals surface area contributed by atoms with Crippen LogP contribution in [0.25, 0.3) is 11.1 Å². The van der Waals surface area contributed by atoms with E-state index >= 15 is 0 Å². The van der Waals surface area contributed by atoms with Crippen LogP contribution in [0.5, 0.6) is 5.75 Å². The molecule has 0 bridgehead atoms. The molecule has 0 aromatic heterocycles. The van der Waals surface area contributed by atoms with Gasteiger partial charge >= 0.3 is 17.9 Å². The van der Waals surface area contributed by atoms with E-state index in [4.69, 9.17) is 14.2 Å². The van der Waals surface area contributed by atoms with Crippen LogP contribution in [0.1, 0.15) is 56.8 Å². The molecule has 40 heavy (non-hydrogen) atoms. The SMILES string of the molecule is CC/C=C\CC(=O)OCC(CNC(=O)c1cc(-c2ccc(F)cc2F)ccc1OC(C)=O)OC(=O)C/C=C\CC. The number of rotatable bonds is 14. The summed E-state index contributed by atoms with van der Waals surface area (Å²) in [5.74, 6) is -4.23. The average Bonchev–Trinajstić information content (AvgIpc) is 2.90. The molecule has 1 atom stereocenters. The van der Waals surface area contributed by atoms with Crippen LogP contribution >= 0.6 is 0 Å². The Hall–Kier alpha value is -4.34. The van der Waals surface area contributed by atoms with E-state index in [2.05, 4.69) is 5.32 Å². The predicted octanol–water partition coefficient (Wildman–Crippen LogP) is 5.45. The maximum absolute atomic E-state index is 14.4. The van der Waals surface area contributed by atoms with Gasteiger partial charge in [0.2, 0.25) is 0 Å². The van der Waals surface area contributed by atoms with Gasteiger partial charge in [-0.05, 0) is 42.7 Å². The van der Waals surface area contributed by atoms with Gasteiger partial charge in [0.05, 0.1) is 24.9 Å². The fourth-order valence-electron chi connectivity index (χ4n) is 3.45. The standard InChI is InChI=1S/C30H33F2NO7/c1-4-6-8-10-28(35)38-19-23(40-29(36)11-9-7-5-2)18-33-30(37)25-16-21(12-15-27(25)39-20(3)34)24-14-13-22(31)17-26(24)32/h6-9,12-17,23H,4-5,10-11,18-19H2,1-3H3,(H,33,37)/b8-6-,9-7-. The van der Waals surface area contributed by atoms with Crippen molar-refractivity contribution in [2.75, 3.05) is 13.2 Å². The Balaban J connectivity index is 2.23. The second-order valence-corrected chi connectivity index (χ2v) is 8.60. The first-order chi connectivity index (χ1) is 19.1. The summed E-state index contributed by atoms with van der Waals surface area (Å²) in [4.78, 5) is 49.1. The zero-order chi connectivity index (χ0) is 29.5. The van der Waals surface area contributed by atoms with Crippen molar-refractivity contribution < 1.29 is 42.2 Å². The lowest BCUT2D eigenvalue weighted by Crippen LogP contribution is -2.38. The van der Waals surface area contributed by atoms with Crippen molar-refractivity contribution >= 4 is 23.8 Å². The van der Waals surface area contributed by atoms with Gasteiger partial charge < -0.3 is 19.5 Å². The third-order valence-corrected chi connectivity index (χ3v) is 5.31. The number of hydrogen-bond acceptors (Lipinski definition) is 7. The smallest absolute Gasteiger partial charge is 0.310 e. The Bertz CT molecular complexity index is 1260. The summed E-state index contributed by atoms with van der Waals surface area (Å²) in [6.45, 7) is 4.44. The van der Waals surface area contributed by atoms with Crippen LogP contribution in [-0.2, 0) is 23.9 Å². The highest BCUT2D eigenvalue weighted by Gasteiger charge is 2.21. The fraction of sp³-hybridized carbons (Fsp3) is 0.333. The van der Waals surface area contributed by atoms with Gasteiger partial charge in [-0.25, -0.2) is 8.78 Å². The minimum Gasteiger partial charge on any atom is -0.461 e. The Morgan fingerprint density at radius 1 is 0.900 bits per heavy atom. The fourth-order valence-corrected chi connectivity index (χ4v) is 3.45. The van der Waals surface area contributed by atoms with Gasteiger partial charge in [0.15, 0.2) is 6.10 Å². The van der Waals surface area contributed by atoms with Gasteiger partial charge in [-0.2, -0.15) is 0 Å². The number of nitrogens with one attached hydrogen (secondary N) is 1. The Labute approximate surface area is 232 Å². The normalized spacial score (nSPS) is 11.8. The minimum absolute atomic E-state index is 0.00660. The Morgan fingerprint density at radius 2 is 1.57 bits per heavy atom. The molecular weight excluding hydrogens is 524 g/mol. The van der Waals surface area contributed by atoms with E-state index in [9.17, 15) is 28.0 Å². The number of carbonyl (C=O) groups excluding carboxylic acids is 4. The number of allylic oxidation sites excluding steroid dienone is 2. The van der Waals surface area contributed by atoms with Crippen molar-refractivity contribution in [2.24, 2.45) is 0 Å². The second kappa shape index (κ2) is 16.6. The van der Waals surface area contributed by atoms with Crippen LogP contribution in [0.3, 0.4) is 0 Å². The second-order valence-electron chi connectivity index (χ2n) is 8.60. The molecule has 0 aliphatic rings. The molecule has 0 aliphatic heterocycles. The van der Waals surface area contributed by atoms with Crippen LogP contribution in [0.4, 0.5) is 8.78 Å². The van der Waals surface area contributed by atoms with E-state index in [1.165, 1.54) is 24.3 Å². The van der Waals surface area contributed by atoms with Gasteiger partial charge in [0.1, 0.15) is 24.0 Å². The molecule has 8 nitrogen and oxygen atoms in total. The first-order valence-corrected chi connectivity index (χ1v) is 12.9. The number of carbonyl (C=O) groups is 4. The molecule has 0 radical (unpaired) electrons. The van der Waals surface area contributed by atoms with Gasteiger partial charge in [0.25, 0.3) is 5.91 Å². The molecule has 0 saturated heterocycles. The molecule has 2 rings (SSSR count). The van der Waals surface area contributed by atoms with Crippen LogP contribution in [-0.4, -0.2) is 43.1 Å². The van der Waals surface area contributed by atoms with Crippen molar-refractivity contribution in [3.8, 4) is 16.9 Å². The van der Waals surface area contributed by atoms with Crippen molar-refractivity contribution in [3.63, 3.8) is 0 Å². The maximum atomic E-state index is 14.4. The summed E-state index contributed by atoms with van der Waals surface area (Å²) in [5, 5.41) is 2.58. The molecule has 1 unspecified atom stereocenters. The highest BCUT2D eigenvalue weighted by atomic mass is 19.1. The summed E-state index contributed by atoms with van der Waals surface area (Å²) >= 11 is 0. The highest BCUT2D eigenvalue weighted by molar-refractivity contribution is 5.99. The van der Waals surface area contributed by atoms with E-state index in [1.54, 1.807) is 18.2 Å². The third kappa shape index (κ3) is 10.8. The quantitative estimate of drug-likeness (QED) is 0.187. The van der Waals surface area contributed by atoms with E-state index in [0.717, 1.165) is 25.8 Å². The number of esters is 3. The molecule has 2 aromatic rings. The molecule has 1 amide bonds. The number of ether oxygens (including phenoxy) is 3. The molecular formula is C30H33F2NO7. The van der Waals surface area contributed by atoms with Gasteiger partial charge in [-0.15, -0.1) is 0 Å². The monoisotopic (exact) mass is 557 g/mol. The lowest BCUT2D eigenvalue weighted by molar-refractivity contribution is -0.157. The lowest BCUT2D eigenvalue weighted by Gasteiger charge is -2.19. The van der Waals surface area contributed by atoms with Crippen molar-refractivity contribution in [1.82, 2.24) is 5.32 Å². The van der Waals surface area contributed by atoms with Crippen molar-refractivity contribution in [1.29, 1.82) is 0 Å². The van der Waals surface area contributed by atoms with Gasteiger partial charge in [-0.3, -0.25) is 19.2 Å². The molecule has 0 saturated carbocycles. The van der Waals surface area contributed by atoms with Crippen LogP contribution in [0, 0.1) is 11.6 Å². The number of amides is 1. The van der Waals surface area contributed by atoms with Gasteiger partial charge in [-0.1, -0.05) is 44.2 Å².